The number of rotatable bonds is 7. The molecule has 7 nitrogen and oxygen atoms in total. The Morgan fingerprint density at radius 3 is 2.31 bits per heavy atom. The fourth-order valence-corrected chi connectivity index (χ4v) is 6.15. The number of carbonyl (C=O) groups is 1. The number of hydrogen-bond acceptors (Lipinski definition) is 5. The third-order valence-corrected chi connectivity index (χ3v) is 8.32. The maximum atomic E-state index is 13.4. The Morgan fingerprint density at radius 2 is 1.54 bits per heavy atom. The second-order valence-corrected chi connectivity index (χ2v) is 10.8. The third-order valence-electron chi connectivity index (χ3n) is 6.52. The van der Waals surface area contributed by atoms with E-state index in [9.17, 15) is 13.2 Å². The molecule has 2 aliphatic heterocycles. The molecule has 0 aromatic heterocycles. The molecule has 182 valence electrons. The maximum absolute atomic E-state index is 13.4. The first-order valence-corrected chi connectivity index (χ1v) is 13.4. The first kappa shape index (κ1) is 23.4. The Bertz CT molecular complexity index is 1290. The van der Waals surface area contributed by atoms with Crippen LogP contribution in [0.1, 0.15) is 24.0 Å². The molecule has 0 radical (unpaired) electrons. The van der Waals surface area contributed by atoms with Crippen LogP contribution in [0.5, 0.6) is 5.75 Å². The zero-order valence-electron chi connectivity index (χ0n) is 19.5. The Balaban J connectivity index is 1.33. The summed E-state index contributed by atoms with van der Waals surface area (Å²) < 4.78 is 34.1. The number of ether oxygens (including phenoxy) is 1. The van der Waals surface area contributed by atoms with Crippen LogP contribution in [-0.2, 0) is 27.9 Å². The van der Waals surface area contributed by atoms with Crippen LogP contribution in [0.15, 0.2) is 83.8 Å². The molecule has 3 aromatic carbocycles. The van der Waals surface area contributed by atoms with Crippen molar-refractivity contribution in [1.29, 1.82) is 0 Å². The molecule has 2 heterocycles. The molecule has 0 bridgehead atoms. The summed E-state index contributed by atoms with van der Waals surface area (Å²) >= 11 is 0. The van der Waals surface area contributed by atoms with Crippen LogP contribution in [0.25, 0.3) is 0 Å². The van der Waals surface area contributed by atoms with Crippen molar-refractivity contribution < 1.29 is 17.9 Å². The standard InChI is InChI=1S/C27H29N3O4S/c31-27(28-18-21-10-4-5-11-22(21)19-29-16-8-9-17-29)26-20-30(24-14-6-7-15-25(24)34-26)35(32,33)23-12-2-1-3-13-23/h1-7,10-15,26H,8-9,16-20H2,(H,28,31)/t26-/m0/s1. The summed E-state index contributed by atoms with van der Waals surface area (Å²) in [4.78, 5) is 15.8. The van der Waals surface area contributed by atoms with Crippen LogP contribution in [0.3, 0.4) is 0 Å². The average Bonchev–Trinajstić information content (AvgIpc) is 3.41. The van der Waals surface area contributed by atoms with Gasteiger partial charge in [-0.2, -0.15) is 0 Å². The summed E-state index contributed by atoms with van der Waals surface area (Å²) in [5.41, 5.74) is 2.67. The fourth-order valence-electron chi connectivity index (χ4n) is 4.65. The van der Waals surface area contributed by atoms with E-state index in [1.54, 1.807) is 54.6 Å². The Hall–Kier alpha value is -3.36. The summed E-state index contributed by atoms with van der Waals surface area (Å²) in [6, 6.07) is 23.3. The van der Waals surface area contributed by atoms with Gasteiger partial charge in [0.1, 0.15) is 5.75 Å². The van der Waals surface area contributed by atoms with Crippen molar-refractivity contribution in [2.24, 2.45) is 0 Å². The molecule has 1 atom stereocenters. The quantitative estimate of drug-likeness (QED) is 0.547. The van der Waals surface area contributed by atoms with Crippen LogP contribution < -0.4 is 14.4 Å². The smallest absolute Gasteiger partial charge is 0.264 e. The number of anilines is 1. The number of fused-ring (bicyclic) bond motifs is 1. The average molecular weight is 492 g/mol. The van der Waals surface area contributed by atoms with E-state index in [0.29, 0.717) is 18.0 Å². The van der Waals surface area contributed by atoms with Crippen LogP contribution in [-0.4, -0.2) is 45.0 Å². The summed E-state index contributed by atoms with van der Waals surface area (Å²) in [6.07, 6.45) is 1.48. The van der Waals surface area contributed by atoms with Gasteiger partial charge in [-0.05, 0) is 61.3 Å². The van der Waals surface area contributed by atoms with Gasteiger partial charge in [-0.25, -0.2) is 8.42 Å². The largest absolute Gasteiger partial charge is 0.476 e. The summed E-state index contributed by atoms with van der Waals surface area (Å²) in [5, 5.41) is 2.97. The van der Waals surface area contributed by atoms with Crippen molar-refractivity contribution >= 4 is 21.6 Å². The lowest BCUT2D eigenvalue weighted by atomic mass is 10.1. The van der Waals surface area contributed by atoms with Crippen molar-refractivity contribution in [2.45, 2.75) is 36.9 Å². The minimum absolute atomic E-state index is 0.102. The summed E-state index contributed by atoms with van der Waals surface area (Å²) in [5.74, 6) is 0.0246. The second kappa shape index (κ2) is 10.1. The number of likely N-dealkylation sites (tertiary alicyclic amines) is 1. The van der Waals surface area contributed by atoms with E-state index < -0.39 is 16.1 Å². The molecular weight excluding hydrogens is 462 g/mol. The summed E-state index contributed by atoms with van der Waals surface area (Å²) in [6.45, 7) is 3.32. The molecule has 8 heteroatoms. The molecule has 0 spiro atoms. The molecular formula is C27H29N3O4S. The van der Waals surface area contributed by atoms with Crippen molar-refractivity contribution in [1.82, 2.24) is 10.2 Å². The van der Waals surface area contributed by atoms with E-state index >= 15 is 0 Å². The number of carbonyl (C=O) groups excluding carboxylic acids is 1. The van der Waals surface area contributed by atoms with E-state index in [1.807, 2.05) is 18.2 Å². The zero-order valence-corrected chi connectivity index (χ0v) is 20.3. The van der Waals surface area contributed by atoms with Crippen molar-refractivity contribution in [3.63, 3.8) is 0 Å². The zero-order chi connectivity index (χ0) is 24.3. The minimum Gasteiger partial charge on any atom is -0.476 e. The fraction of sp³-hybridized carbons (Fsp3) is 0.296. The van der Waals surface area contributed by atoms with Gasteiger partial charge in [0, 0.05) is 13.1 Å². The molecule has 0 aliphatic carbocycles. The molecule has 0 saturated carbocycles. The Labute approximate surface area is 206 Å². The molecule has 3 aromatic rings. The van der Waals surface area contributed by atoms with E-state index in [-0.39, 0.29) is 17.3 Å². The van der Waals surface area contributed by atoms with Crippen LogP contribution in [0.4, 0.5) is 5.69 Å². The van der Waals surface area contributed by atoms with Crippen molar-refractivity contribution in [2.75, 3.05) is 23.9 Å². The number of nitrogens with one attached hydrogen (secondary N) is 1. The van der Waals surface area contributed by atoms with Gasteiger partial charge in [0.05, 0.1) is 17.1 Å². The predicted octanol–water partition coefficient (Wildman–Crippen LogP) is 3.56. The van der Waals surface area contributed by atoms with Gasteiger partial charge in [-0.3, -0.25) is 14.0 Å². The molecule has 2 aliphatic rings. The molecule has 1 saturated heterocycles. The van der Waals surface area contributed by atoms with Gasteiger partial charge in [-0.15, -0.1) is 0 Å². The lowest BCUT2D eigenvalue weighted by molar-refractivity contribution is -0.127. The SMILES string of the molecule is O=C(NCc1ccccc1CN1CCCC1)[C@@H]1CN(S(=O)(=O)c2ccccc2)c2ccccc2O1. The van der Waals surface area contributed by atoms with Gasteiger partial charge in [0.2, 0.25) is 0 Å². The first-order valence-electron chi connectivity index (χ1n) is 11.9. The highest BCUT2D eigenvalue weighted by Gasteiger charge is 2.37. The molecule has 0 unspecified atom stereocenters. The van der Waals surface area contributed by atoms with Crippen LogP contribution in [0.2, 0.25) is 0 Å². The maximum Gasteiger partial charge on any atom is 0.264 e. The molecule has 1 N–H and O–H groups in total. The number of sulfonamides is 1. The third kappa shape index (κ3) is 5.04. The monoisotopic (exact) mass is 491 g/mol. The molecule has 1 amide bonds. The number of benzene rings is 3. The predicted molar refractivity (Wildman–Crippen MR) is 135 cm³/mol. The van der Waals surface area contributed by atoms with Crippen LogP contribution in [0, 0.1) is 0 Å². The lowest BCUT2D eigenvalue weighted by Gasteiger charge is -2.34. The number of nitrogens with zero attached hydrogens (tertiary/aromatic N) is 2. The normalized spacial score (nSPS) is 18.1. The Morgan fingerprint density at radius 1 is 0.886 bits per heavy atom. The topological polar surface area (TPSA) is 79.0 Å². The van der Waals surface area contributed by atoms with Gasteiger partial charge >= 0.3 is 0 Å². The molecule has 5 rings (SSSR count). The lowest BCUT2D eigenvalue weighted by Crippen LogP contribution is -2.50. The molecule has 35 heavy (non-hydrogen) atoms. The first-order chi connectivity index (χ1) is 17.0. The number of hydrogen-bond donors (Lipinski definition) is 1. The highest BCUT2D eigenvalue weighted by molar-refractivity contribution is 7.92. The van der Waals surface area contributed by atoms with E-state index in [1.165, 1.54) is 22.7 Å². The van der Waals surface area contributed by atoms with Gasteiger partial charge in [0.25, 0.3) is 15.9 Å². The van der Waals surface area contributed by atoms with Crippen molar-refractivity contribution in [3.8, 4) is 5.75 Å². The van der Waals surface area contributed by atoms with Gasteiger partial charge in [0.15, 0.2) is 6.10 Å². The van der Waals surface area contributed by atoms with E-state index in [2.05, 4.69) is 16.3 Å². The van der Waals surface area contributed by atoms with Gasteiger partial charge < -0.3 is 10.1 Å². The van der Waals surface area contributed by atoms with E-state index in [0.717, 1.165) is 25.2 Å². The van der Waals surface area contributed by atoms with Crippen molar-refractivity contribution in [3.05, 3.63) is 90.0 Å². The van der Waals surface area contributed by atoms with Crippen LogP contribution >= 0.6 is 0 Å². The number of para-hydroxylation sites is 2. The second-order valence-electron chi connectivity index (χ2n) is 8.89. The minimum atomic E-state index is -3.86. The number of amides is 1. The summed E-state index contributed by atoms with van der Waals surface area (Å²) in [7, 11) is -3.86. The molecule has 1 fully saturated rings. The highest BCUT2D eigenvalue weighted by atomic mass is 32.2. The van der Waals surface area contributed by atoms with E-state index in [4.69, 9.17) is 4.74 Å². The highest BCUT2D eigenvalue weighted by Crippen LogP contribution is 2.36. The van der Waals surface area contributed by atoms with Gasteiger partial charge in [-0.1, -0.05) is 54.6 Å². The Kier molecular flexibility index (Phi) is 6.74.